The van der Waals surface area contributed by atoms with E-state index in [4.69, 9.17) is 11.6 Å². The van der Waals surface area contributed by atoms with Gasteiger partial charge >= 0.3 is 0 Å². The van der Waals surface area contributed by atoms with Gasteiger partial charge in [0.05, 0.1) is 11.8 Å². The lowest BCUT2D eigenvalue weighted by Crippen LogP contribution is -2.43. The first-order chi connectivity index (χ1) is 14.2. The normalized spacial score (nSPS) is 16.9. The number of nitrogens with zero attached hydrogens (tertiary/aromatic N) is 1. The Morgan fingerprint density at radius 3 is 2.47 bits per heavy atom. The Balaban J connectivity index is 1.56. The second-order valence-corrected chi connectivity index (χ2v) is 10.5. The van der Waals surface area contributed by atoms with Crippen molar-refractivity contribution in [3.63, 3.8) is 0 Å². The first kappa shape index (κ1) is 22.8. The lowest BCUT2D eigenvalue weighted by Gasteiger charge is -2.31. The molecule has 162 valence electrons. The average Bonchev–Trinajstić information content (AvgIpc) is 2.69. The Morgan fingerprint density at radius 1 is 1.17 bits per heavy atom. The van der Waals surface area contributed by atoms with E-state index in [0.717, 1.165) is 11.1 Å². The minimum absolute atomic E-state index is 0.00868. The minimum Gasteiger partial charge on any atom is -0.349 e. The van der Waals surface area contributed by atoms with Gasteiger partial charge in [-0.1, -0.05) is 53.6 Å². The number of halogens is 1. The van der Waals surface area contributed by atoms with Gasteiger partial charge in [0.1, 0.15) is 0 Å². The van der Waals surface area contributed by atoms with Crippen molar-refractivity contribution in [3.8, 4) is 0 Å². The molecule has 1 N–H and O–H groups in total. The van der Waals surface area contributed by atoms with Crippen molar-refractivity contribution in [1.82, 2.24) is 9.62 Å². The van der Waals surface area contributed by atoms with Gasteiger partial charge < -0.3 is 5.32 Å². The summed E-state index contributed by atoms with van der Waals surface area (Å²) in [7, 11) is -3.47. The van der Waals surface area contributed by atoms with Crippen molar-refractivity contribution < 1.29 is 13.2 Å². The molecule has 2 aromatic carbocycles. The van der Waals surface area contributed by atoms with Crippen molar-refractivity contribution in [2.75, 3.05) is 13.1 Å². The molecule has 1 fully saturated rings. The summed E-state index contributed by atoms with van der Waals surface area (Å²) in [6.45, 7) is 6.78. The fourth-order valence-corrected chi connectivity index (χ4v) is 5.90. The van der Waals surface area contributed by atoms with Gasteiger partial charge in [-0.05, 0) is 56.4 Å². The Bertz CT molecular complexity index is 1010. The van der Waals surface area contributed by atoms with Crippen LogP contribution in [0.3, 0.4) is 0 Å². The molecule has 0 spiro atoms. The van der Waals surface area contributed by atoms with Crippen LogP contribution in [-0.2, 0) is 20.6 Å². The molecule has 7 heteroatoms. The highest BCUT2D eigenvalue weighted by Crippen LogP contribution is 2.25. The molecule has 0 aliphatic carbocycles. The zero-order valence-electron chi connectivity index (χ0n) is 17.7. The highest BCUT2D eigenvalue weighted by molar-refractivity contribution is 7.88. The van der Waals surface area contributed by atoms with Gasteiger partial charge in [-0.15, -0.1) is 0 Å². The first-order valence-corrected chi connectivity index (χ1v) is 12.2. The Labute approximate surface area is 184 Å². The van der Waals surface area contributed by atoms with Gasteiger partial charge in [-0.3, -0.25) is 4.79 Å². The number of benzene rings is 2. The molecule has 0 saturated carbocycles. The molecular weight excluding hydrogens is 420 g/mol. The van der Waals surface area contributed by atoms with Crippen LogP contribution in [0.4, 0.5) is 0 Å². The number of hydrogen-bond acceptors (Lipinski definition) is 3. The molecule has 30 heavy (non-hydrogen) atoms. The molecule has 1 aliphatic rings. The van der Waals surface area contributed by atoms with E-state index < -0.39 is 10.0 Å². The standard InChI is InChI=1S/C23H29ClN2O3S/c1-16-8-9-21(17(2)14-16)18(3)25-23(27)19-10-12-26(13-11-19)30(28,29)15-20-6-4-5-7-22(20)24/h4-9,14,18-19H,10-13,15H2,1-3H3,(H,25,27). The van der Waals surface area contributed by atoms with Crippen LogP contribution in [0.25, 0.3) is 0 Å². The zero-order chi connectivity index (χ0) is 21.9. The number of piperidine rings is 1. The second kappa shape index (κ2) is 9.50. The molecule has 1 amide bonds. The van der Waals surface area contributed by atoms with Crippen molar-refractivity contribution in [2.24, 2.45) is 5.92 Å². The molecule has 5 nitrogen and oxygen atoms in total. The van der Waals surface area contributed by atoms with E-state index in [1.165, 1.54) is 9.87 Å². The van der Waals surface area contributed by atoms with Gasteiger partial charge in [0, 0.05) is 24.0 Å². The fourth-order valence-electron chi connectivity index (χ4n) is 4.02. The lowest BCUT2D eigenvalue weighted by atomic mass is 9.95. The maximum Gasteiger partial charge on any atom is 0.223 e. The van der Waals surface area contributed by atoms with Gasteiger partial charge in [0.15, 0.2) is 0 Å². The van der Waals surface area contributed by atoms with E-state index in [1.807, 2.05) is 26.8 Å². The summed E-state index contributed by atoms with van der Waals surface area (Å²) in [5.41, 5.74) is 4.05. The van der Waals surface area contributed by atoms with Gasteiger partial charge in [-0.25, -0.2) is 12.7 Å². The largest absolute Gasteiger partial charge is 0.349 e. The quantitative estimate of drug-likeness (QED) is 0.713. The van der Waals surface area contributed by atoms with Crippen LogP contribution in [0.5, 0.6) is 0 Å². The molecule has 1 saturated heterocycles. The van der Waals surface area contributed by atoms with E-state index in [2.05, 4.69) is 17.4 Å². The zero-order valence-corrected chi connectivity index (χ0v) is 19.3. The molecule has 0 radical (unpaired) electrons. The van der Waals surface area contributed by atoms with E-state index in [1.54, 1.807) is 24.3 Å². The summed E-state index contributed by atoms with van der Waals surface area (Å²) >= 11 is 6.12. The molecule has 1 atom stereocenters. The van der Waals surface area contributed by atoms with Crippen LogP contribution in [0.15, 0.2) is 42.5 Å². The van der Waals surface area contributed by atoms with Crippen LogP contribution < -0.4 is 5.32 Å². The number of sulfonamides is 1. The number of carbonyl (C=O) groups is 1. The summed E-state index contributed by atoms with van der Waals surface area (Å²) in [6.07, 6.45) is 1.04. The first-order valence-electron chi connectivity index (χ1n) is 10.3. The van der Waals surface area contributed by atoms with Crippen LogP contribution in [0, 0.1) is 19.8 Å². The molecule has 3 rings (SSSR count). The van der Waals surface area contributed by atoms with Crippen molar-refractivity contribution in [1.29, 1.82) is 0 Å². The van der Waals surface area contributed by atoms with E-state index in [0.29, 0.717) is 36.5 Å². The van der Waals surface area contributed by atoms with Crippen molar-refractivity contribution in [2.45, 2.75) is 45.4 Å². The van der Waals surface area contributed by atoms with Crippen LogP contribution >= 0.6 is 11.6 Å². The highest BCUT2D eigenvalue weighted by atomic mass is 35.5. The minimum atomic E-state index is -3.47. The Hall–Kier alpha value is -1.89. The highest BCUT2D eigenvalue weighted by Gasteiger charge is 2.32. The van der Waals surface area contributed by atoms with E-state index >= 15 is 0 Å². The van der Waals surface area contributed by atoms with E-state index in [9.17, 15) is 13.2 Å². The number of carbonyl (C=O) groups excluding carboxylic acids is 1. The van der Waals surface area contributed by atoms with Gasteiger partial charge in [-0.2, -0.15) is 0 Å². The maximum atomic E-state index is 12.8. The van der Waals surface area contributed by atoms with Crippen LogP contribution in [0.2, 0.25) is 5.02 Å². The third-order valence-corrected chi connectivity index (χ3v) is 7.96. The maximum absolute atomic E-state index is 12.8. The molecule has 1 heterocycles. The third-order valence-electron chi connectivity index (χ3n) is 5.76. The fraction of sp³-hybridized carbons (Fsp3) is 0.435. The number of rotatable bonds is 6. The second-order valence-electron chi connectivity index (χ2n) is 8.11. The molecule has 1 aliphatic heterocycles. The van der Waals surface area contributed by atoms with Crippen LogP contribution in [0.1, 0.15) is 48.1 Å². The summed E-state index contributed by atoms with van der Waals surface area (Å²) in [4.78, 5) is 12.8. The van der Waals surface area contributed by atoms with Gasteiger partial charge in [0.2, 0.25) is 15.9 Å². The lowest BCUT2D eigenvalue weighted by molar-refractivity contribution is -0.126. The predicted octanol–water partition coefficient (Wildman–Crippen LogP) is 4.38. The van der Waals surface area contributed by atoms with Crippen molar-refractivity contribution >= 4 is 27.5 Å². The molecule has 0 bridgehead atoms. The number of nitrogens with one attached hydrogen (secondary N) is 1. The number of aryl methyl sites for hydroxylation is 2. The van der Waals surface area contributed by atoms with Gasteiger partial charge in [0.25, 0.3) is 0 Å². The smallest absolute Gasteiger partial charge is 0.223 e. The number of amides is 1. The Kier molecular flexibility index (Phi) is 7.22. The third kappa shape index (κ3) is 5.42. The Morgan fingerprint density at radius 2 is 1.83 bits per heavy atom. The SMILES string of the molecule is Cc1ccc(C(C)NC(=O)C2CCN(S(=O)(=O)Cc3ccccc3Cl)CC2)c(C)c1. The summed E-state index contributed by atoms with van der Waals surface area (Å²) in [5, 5.41) is 3.56. The topological polar surface area (TPSA) is 66.5 Å². The monoisotopic (exact) mass is 448 g/mol. The summed E-state index contributed by atoms with van der Waals surface area (Å²) in [6, 6.07) is 13.1. The predicted molar refractivity (Wildman–Crippen MR) is 121 cm³/mol. The molecule has 2 aromatic rings. The molecule has 1 unspecified atom stereocenters. The average molecular weight is 449 g/mol. The van der Waals surface area contributed by atoms with Crippen molar-refractivity contribution in [3.05, 3.63) is 69.7 Å². The van der Waals surface area contributed by atoms with E-state index in [-0.39, 0.29) is 23.6 Å². The molecule has 0 aromatic heterocycles. The number of hydrogen-bond donors (Lipinski definition) is 1. The van der Waals surface area contributed by atoms with Crippen LogP contribution in [-0.4, -0.2) is 31.7 Å². The summed E-state index contributed by atoms with van der Waals surface area (Å²) in [5.74, 6) is -0.302. The summed E-state index contributed by atoms with van der Waals surface area (Å²) < 4.78 is 27.0. The molecular formula is C23H29ClN2O3S.